The van der Waals surface area contributed by atoms with E-state index in [1.807, 2.05) is 13.8 Å². The molecule has 1 unspecified atom stereocenters. The van der Waals surface area contributed by atoms with Crippen LogP contribution in [-0.4, -0.2) is 36.1 Å². The Morgan fingerprint density at radius 2 is 1.76 bits per heavy atom. The number of esters is 1. The summed E-state index contributed by atoms with van der Waals surface area (Å²) in [6.45, 7) is 3.65. The molecule has 6 nitrogen and oxygen atoms in total. The molecule has 1 saturated carbocycles. The van der Waals surface area contributed by atoms with Gasteiger partial charge in [0.15, 0.2) is 0 Å². The van der Waals surface area contributed by atoms with Crippen molar-refractivity contribution in [3.8, 4) is 0 Å². The lowest BCUT2D eigenvalue weighted by Crippen LogP contribution is -2.46. The van der Waals surface area contributed by atoms with E-state index in [4.69, 9.17) is 5.11 Å². The SMILES string of the molecule is COC(=O)C(NC(=O)CC1(CC(=O)O)CCCC1)C(C)C. The third-order valence-electron chi connectivity index (χ3n) is 4.16. The Balaban J connectivity index is 2.69. The summed E-state index contributed by atoms with van der Waals surface area (Å²) in [5.74, 6) is -1.71. The Morgan fingerprint density at radius 1 is 1.19 bits per heavy atom. The van der Waals surface area contributed by atoms with Crippen molar-refractivity contribution in [2.45, 2.75) is 58.4 Å². The Morgan fingerprint density at radius 3 is 2.19 bits per heavy atom. The monoisotopic (exact) mass is 299 g/mol. The minimum Gasteiger partial charge on any atom is -0.481 e. The summed E-state index contributed by atoms with van der Waals surface area (Å²) in [5.41, 5.74) is -0.465. The fourth-order valence-corrected chi connectivity index (χ4v) is 3.05. The largest absolute Gasteiger partial charge is 0.481 e. The fourth-order valence-electron chi connectivity index (χ4n) is 3.05. The molecule has 0 heterocycles. The molecule has 0 spiro atoms. The smallest absolute Gasteiger partial charge is 0.328 e. The van der Waals surface area contributed by atoms with Crippen molar-refractivity contribution < 1.29 is 24.2 Å². The van der Waals surface area contributed by atoms with Crippen LogP contribution in [0.15, 0.2) is 0 Å². The van der Waals surface area contributed by atoms with Gasteiger partial charge in [0.1, 0.15) is 6.04 Å². The molecule has 6 heteroatoms. The van der Waals surface area contributed by atoms with Gasteiger partial charge < -0.3 is 15.2 Å². The van der Waals surface area contributed by atoms with Gasteiger partial charge in [-0.05, 0) is 24.2 Å². The Hall–Kier alpha value is -1.59. The number of methoxy groups -OCH3 is 1. The van der Waals surface area contributed by atoms with Gasteiger partial charge in [0.25, 0.3) is 0 Å². The molecule has 1 amide bonds. The Kier molecular flexibility index (Phi) is 6.18. The summed E-state index contributed by atoms with van der Waals surface area (Å²) in [6.07, 6.45) is 3.55. The second kappa shape index (κ2) is 7.43. The molecule has 2 N–H and O–H groups in total. The van der Waals surface area contributed by atoms with Crippen molar-refractivity contribution in [3.05, 3.63) is 0 Å². The number of carboxylic acids is 1. The minimum absolute atomic E-state index is 0.00495. The number of carbonyl (C=O) groups excluding carboxylic acids is 2. The van der Waals surface area contributed by atoms with Gasteiger partial charge in [-0.15, -0.1) is 0 Å². The molecule has 1 aliphatic carbocycles. The molecule has 0 aromatic heterocycles. The Labute approximate surface area is 125 Å². The van der Waals surface area contributed by atoms with E-state index in [1.165, 1.54) is 7.11 Å². The van der Waals surface area contributed by atoms with Crippen molar-refractivity contribution in [3.63, 3.8) is 0 Å². The fraction of sp³-hybridized carbons (Fsp3) is 0.800. The van der Waals surface area contributed by atoms with Crippen molar-refractivity contribution in [1.82, 2.24) is 5.32 Å². The van der Waals surface area contributed by atoms with Crippen LogP contribution in [0.25, 0.3) is 0 Å². The highest BCUT2D eigenvalue weighted by Crippen LogP contribution is 2.44. The van der Waals surface area contributed by atoms with E-state index in [2.05, 4.69) is 10.1 Å². The van der Waals surface area contributed by atoms with Crippen LogP contribution in [0.5, 0.6) is 0 Å². The number of rotatable bonds is 7. The second-order valence-electron chi connectivity index (χ2n) is 6.27. The Bertz CT molecular complexity index is 399. The number of ether oxygens (including phenoxy) is 1. The first-order valence-electron chi connectivity index (χ1n) is 7.39. The van der Waals surface area contributed by atoms with Crippen molar-refractivity contribution in [1.29, 1.82) is 0 Å². The highest BCUT2D eigenvalue weighted by molar-refractivity contribution is 5.85. The predicted octanol–water partition coefficient (Wildman–Crippen LogP) is 1.73. The maximum Gasteiger partial charge on any atom is 0.328 e. The lowest BCUT2D eigenvalue weighted by atomic mass is 9.79. The first kappa shape index (κ1) is 17.5. The number of hydrogen-bond donors (Lipinski definition) is 2. The van der Waals surface area contributed by atoms with Crippen LogP contribution in [0.2, 0.25) is 0 Å². The van der Waals surface area contributed by atoms with Gasteiger partial charge in [0, 0.05) is 6.42 Å². The number of hydrogen-bond acceptors (Lipinski definition) is 4. The van der Waals surface area contributed by atoms with Crippen LogP contribution in [0.4, 0.5) is 0 Å². The normalized spacial score (nSPS) is 18.3. The number of carboxylic acid groups (broad SMARTS) is 1. The molecule has 0 aliphatic heterocycles. The van der Waals surface area contributed by atoms with E-state index in [9.17, 15) is 14.4 Å². The van der Waals surface area contributed by atoms with Gasteiger partial charge in [0.2, 0.25) is 5.91 Å². The van der Waals surface area contributed by atoms with Crippen LogP contribution >= 0.6 is 0 Å². The van der Waals surface area contributed by atoms with E-state index < -0.39 is 23.4 Å². The molecule has 1 atom stereocenters. The quantitative estimate of drug-likeness (QED) is 0.698. The zero-order valence-corrected chi connectivity index (χ0v) is 13.0. The second-order valence-corrected chi connectivity index (χ2v) is 6.27. The number of nitrogens with one attached hydrogen (secondary N) is 1. The van der Waals surface area contributed by atoms with Crippen LogP contribution in [0, 0.1) is 11.3 Å². The predicted molar refractivity (Wildman–Crippen MR) is 76.6 cm³/mol. The lowest BCUT2D eigenvalue weighted by Gasteiger charge is -2.28. The highest BCUT2D eigenvalue weighted by atomic mass is 16.5. The summed E-state index contributed by atoms with van der Waals surface area (Å²) in [5, 5.41) is 11.7. The van der Waals surface area contributed by atoms with Gasteiger partial charge >= 0.3 is 11.9 Å². The molecular formula is C15H25NO5. The van der Waals surface area contributed by atoms with Gasteiger partial charge in [-0.2, -0.15) is 0 Å². The van der Waals surface area contributed by atoms with Crippen LogP contribution < -0.4 is 5.32 Å². The van der Waals surface area contributed by atoms with E-state index in [1.54, 1.807) is 0 Å². The van der Waals surface area contributed by atoms with Gasteiger partial charge in [-0.3, -0.25) is 9.59 Å². The topological polar surface area (TPSA) is 92.7 Å². The molecule has 120 valence electrons. The van der Waals surface area contributed by atoms with Gasteiger partial charge in [0.05, 0.1) is 13.5 Å². The maximum atomic E-state index is 12.2. The van der Waals surface area contributed by atoms with E-state index in [0.717, 1.165) is 25.7 Å². The lowest BCUT2D eigenvalue weighted by molar-refractivity contribution is -0.147. The first-order valence-corrected chi connectivity index (χ1v) is 7.39. The van der Waals surface area contributed by atoms with Gasteiger partial charge in [-0.1, -0.05) is 26.7 Å². The summed E-state index contributed by atoms with van der Waals surface area (Å²) >= 11 is 0. The first-order chi connectivity index (χ1) is 9.79. The highest BCUT2D eigenvalue weighted by Gasteiger charge is 2.39. The molecule has 0 bridgehead atoms. The molecule has 21 heavy (non-hydrogen) atoms. The van der Waals surface area contributed by atoms with E-state index in [0.29, 0.717) is 0 Å². The molecule has 0 radical (unpaired) electrons. The van der Waals surface area contributed by atoms with Crippen molar-refractivity contribution in [2.24, 2.45) is 11.3 Å². The molecule has 0 aromatic carbocycles. The molecular weight excluding hydrogens is 274 g/mol. The molecule has 1 aliphatic rings. The third kappa shape index (κ3) is 5.02. The zero-order chi connectivity index (χ0) is 16.0. The standard InChI is InChI=1S/C15H25NO5/c1-10(2)13(14(20)21-3)16-11(17)8-15(9-12(18)19)6-4-5-7-15/h10,13H,4-9H2,1-3H3,(H,16,17)(H,18,19). The van der Waals surface area contributed by atoms with Gasteiger partial charge in [-0.25, -0.2) is 4.79 Å². The summed E-state index contributed by atoms with van der Waals surface area (Å²) in [4.78, 5) is 34.9. The molecule has 0 saturated heterocycles. The average Bonchev–Trinajstić information content (AvgIpc) is 2.81. The van der Waals surface area contributed by atoms with Crippen LogP contribution in [0.3, 0.4) is 0 Å². The zero-order valence-electron chi connectivity index (χ0n) is 13.0. The summed E-state index contributed by atoms with van der Waals surface area (Å²) in [7, 11) is 1.28. The maximum absolute atomic E-state index is 12.2. The van der Waals surface area contributed by atoms with Crippen molar-refractivity contribution >= 4 is 17.8 Å². The van der Waals surface area contributed by atoms with Crippen LogP contribution in [0.1, 0.15) is 52.4 Å². The summed E-state index contributed by atoms with van der Waals surface area (Å²) in [6, 6.07) is -0.689. The number of amides is 1. The third-order valence-corrected chi connectivity index (χ3v) is 4.16. The van der Waals surface area contributed by atoms with Crippen LogP contribution in [-0.2, 0) is 19.1 Å². The molecule has 1 rings (SSSR count). The minimum atomic E-state index is -0.877. The number of carbonyl (C=O) groups is 3. The summed E-state index contributed by atoms with van der Waals surface area (Å²) < 4.78 is 4.69. The molecule has 0 aromatic rings. The molecule has 1 fully saturated rings. The van der Waals surface area contributed by atoms with E-state index in [-0.39, 0.29) is 24.7 Å². The van der Waals surface area contributed by atoms with Crippen molar-refractivity contribution in [2.75, 3.05) is 7.11 Å². The number of aliphatic carboxylic acids is 1. The average molecular weight is 299 g/mol. The van der Waals surface area contributed by atoms with E-state index >= 15 is 0 Å².